The van der Waals surface area contributed by atoms with E-state index >= 15 is 0 Å². The Kier molecular flexibility index (Phi) is 351. The zero-order valence-electron chi connectivity index (χ0n) is 3.61. The Morgan fingerprint density at radius 3 is 0.889 bits per heavy atom. The summed E-state index contributed by atoms with van der Waals surface area (Å²) in [6.07, 6.45) is 1.50. The summed E-state index contributed by atoms with van der Waals surface area (Å²) in [7, 11) is 0. The van der Waals surface area contributed by atoms with Crippen LogP contribution in [0, 0.1) is 23.0 Å². The molecule has 2 N–H and O–H groups in total. The molecule has 0 heterocycles. The van der Waals surface area contributed by atoms with Crippen molar-refractivity contribution in [3.8, 4) is 12.5 Å². The first kappa shape index (κ1) is 35.2. The molecule has 0 saturated heterocycles. The molecule has 0 rings (SSSR count). The van der Waals surface area contributed by atoms with E-state index in [2.05, 4.69) is 0 Å². The van der Waals surface area contributed by atoms with Gasteiger partial charge in [0.05, 0.1) is 0 Å². The first-order valence-corrected chi connectivity index (χ1v) is 0.894. The van der Waals surface area contributed by atoms with Crippen LogP contribution >= 0.6 is 24.8 Å². The number of aliphatic hydroxyl groups is 2. The summed E-state index contributed by atoms with van der Waals surface area (Å²) < 4.78 is 0. The standard InChI is InChI=1S/2CHNO.2ClH.Na.H/c2*2-1-3;;;;/h2*3H;2*1H;;. The van der Waals surface area contributed by atoms with Crippen molar-refractivity contribution in [2.45, 2.75) is 0 Å². The Morgan fingerprint density at radius 1 is 0.889 bits per heavy atom. The van der Waals surface area contributed by atoms with Crippen LogP contribution in [0.25, 0.3) is 0 Å². The van der Waals surface area contributed by atoms with Crippen molar-refractivity contribution in [3.05, 3.63) is 0 Å². The van der Waals surface area contributed by atoms with Gasteiger partial charge in [-0.25, -0.2) is 0 Å². The van der Waals surface area contributed by atoms with Crippen LogP contribution < -0.4 is 0 Å². The van der Waals surface area contributed by atoms with Gasteiger partial charge in [-0.2, -0.15) is 10.5 Å². The van der Waals surface area contributed by atoms with Gasteiger partial charge in [-0.05, 0) is 0 Å². The van der Waals surface area contributed by atoms with Crippen LogP contribution in [0.15, 0.2) is 0 Å². The Labute approximate surface area is 87.2 Å². The summed E-state index contributed by atoms with van der Waals surface area (Å²) in [6.45, 7) is 0. The minimum atomic E-state index is 0. The van der Waals surface area contributed by atoms with Crippen molar-refractivity contribution < 1.29 is 10.2 Å². The topological polar surface area (TPSA) is 88.0 Å². The molecule has 0 unspecified atom stereocenters. The third kappa shape index (κ3) is 12100. The van der Waals surface area contributed by atoms with Gasteiger partial charge in [-0.3, -0.25) is 0 Å². The van der Waals surface area contributed by atoms with Gasteiger partial charge in [0.25, 0.3) is 12.5 Å². The van der Waals surface area contributed by atoms with Gasteiger partial charge in [-0.1, -0.05) is 0 Å². The van der Waals surface area contributed by atoms with Gasteiger partial charge in [0.2, 0.25) is 0 Å². The number of nitrogens with zero attached hydrogens (tertiary/aromatic N) is 2. The molecular weight excluding hydrogens is 178 g/mol. The van der Waals surface area contributed by atoms with Gasteiger partial charge in [-0.15, -0.1) is 24.8 Å². The molecule has 0 saturated carbocycles. The monoisotopic (exact) mass is 182 g/mol. The maximum atomic E-state index is 6.88. The molecule has 7 heteroatoms. The van der Waals surface area contributed by atoms with E-state index in [1.165, 1.54) is 0 Å². The molecule has 0 aromatic rings. The molecule has 0 spiro atoms. The fourth-order valence-corrected chi connectivity index (χ4v) is 0. The summed E-state index contributed by atoms with van der Waals surface area (Å²) in [5, 5.41) is 27.5. The molecular formula is C2H5Cl2N2NaO2. The average Bonchev–Trinajstić information content (AvgIpc) is 1.39. The van der Waals surface area contributed by atoms with E-state index in [0.29, 0.717) is 0 Å². The third-order valence-corrected chi connectivity index (χ3v) is 0. The van der Waals surface area contributed by atoms with E-state index in [4.69, 9.17) is 20.7 Å². The predicted molar refractivity (Wildman–Crippen MR) is 36.7 cm³/mol. The molecule has 0 aromatic heterocycles. The van der Waals surface area contributed by atoms with Crippen molar-refractivity contribution in [2.75, 3.05) is 0 Å². The fraction of sp³-hybridized carbons (Fsp3) is 0. The zero-order valence-corrected chi connectivity index (χ0v) is 5.24. The molecule has 0 aliphatic heterocycles. The summed E-state index contributed by atoms with van der Waals surface area (Å²) >= 11 is 0. The zero-order chi connectivity index (χ0) is 5.41. The molecule has 0 aliphatic rings. The minimum absolute atomic E-state index is 0. The van der Waals surface area contributed by atoms with Crippen molar-refractivity contribution in [1.82, 2.24) is 0 Å². The molecule has 0 amide bonds. The van der Waals surface area contributed by atoms with E-state index in [1.54, 1.807) is 0 Å². The molecule has 0 radical (unpaired) electrons. The van der Waals surface area contributed by atoms with E-state index in [-0.39, 0.29) is 54.4 Å². The van der Waals surface area contributed by atoms with Crippen LogP contribution in [-0.4, -0.2) is 39.8 Å². The summed E-state index contributed by atoms with van der Waals surface area (Å²) in [6, 6.07) is 0. The molecule has 50 valence electrons. The fourth-order valence-electron chi connectivity index (χ4n) is 0. The Bertz CT molecular complexity index is 75.5. The van der Waals surface area contributed by atoms with Crippen LogP contribution in [0.3, 0.4) is 0 Å². The number of hydrogen-bond donors (Lipinski definition) is 2. The second kappa shape index (κ2) is 89.7. The Hall–Kier alpha value is 0.160. The maximum absolute atomic E-state index is 6.88. The third-order valence-electron chi connectivity index (χ3n) is 0. The van der Waals surface area contributed by atoms with E-state index < -0.39 is 0 Å². The summed E-state index contributed by atoms with van der Waals surface area (Å²) in [5.74, 6) is 0. The van der Waals surface area contributed by atoms with Crippen molar-refractivity contribution in [1.29, 1.82) is 10.5 Å². The van der Waals surface area contributed by atoms with Crippen molar-refractivity contribution >= 4 is 54.4 Å². The van der Waals surface area contributed by atoms with Crippen molar-refractivity contribution in [3.63, 3.8) is 0 Å². The van der Waals surface area contributed by atoms with E-state index in [1.807, 2.05) is 0 Å². The van der Waals surface area contributed by atoms with Gasteiger partial charge in [0.15, 0.2) is 0 Å². The first-order chi connectivity index (χ1) is 2.83. The normalized spacial score (nSPS) is 1.56. The molecule has 0 fully saturated rings. The van der Waals surface area contributed by atoms with E-state index in [9.17, 15) is 0 Å². The van der Waals surface area contributed by atoms with Crippen molar-refractivity contribution in [2.24, 2.45) is 0 Å². The van der Waals surface area contributed by atoms with Gasteiger partial charge >= 0.3 is 29.6 Å². The van der Waals surface area contributed by atoms with Gasteiger partial charge in [0.1, 0.15) is 0 Å². The molecule has 0 aliphatic carbocycles. The van der Waals surface area contributed by atoms with Crippen LogP contribution in [-0.2, 0) is 0 Å². The Balaban J connectivity index is -0.00000000889. The van der Waals surface area contributed by atoms with Crippen LogP contribution in [0.5, 0.6) is 0 Å². The first-order valence-electron chi connectivity index (χ1n) is 0.894. The van der Waals surface area contributed by atoms with Gasteiger partial charge < -0.3 is 10.2 Å². The van der Waals surface area contributed by atoms with Crippen LogP contribution in [0.1, 0.15) is 0 Å². The molecule has 0 bridgehead atoms. The number of rotatable bonds is 0. The second-order valence-electron chi connectivity index (χ2n) is 0.200. The molecule has 9 heavy (non-hydrogen) atoms. The second-order valence-corrected chi connectivity index (χ2v) is 0.200. The number of aliphatic hydroxyl groups excluding tert-OH is 2. The average molecular weight is 183 g/mol. The summed E-state index contributed by atoms with van der Waals surface area (Å²) in [5.41, 5.74) is 0. The molecule has 0 aromatic carbocycles. The molecule has 4 nitrogen and oxygen atoms in total. The SMILES string of the molecule is Cl.Cl.N#CO.N#CO.[NaH]. The Morgan fingerprint density at radius 2 is 0.889 bits per heavy atom. The van der Waals surface area contributed by atoms with Gasteiger partial charge in [0, 0.05) is 0 Å². The number of halogens is 2. The predicted octanol–water partition coefficient (Wildman–Crippen LogP) is -0.125. The van der Waals surface area contributed by atoms with Crippen LogP contribution in [0.2, 0.25) is 0 Å². The molecule has 0 atom stereocenters. The number of hydrogen-bond acceptors (Lipinski definition) is 4. The quantitative estimate of drug-likeness (QED) is 0.404. The number of nitriles is 2. The summed E-state index contributed by atoms with van der Waals surface area (Å²) in [4.78, 5) is 0. The van der Waals surface area contributed by atoms with Crippen LogP contribution in [0.4, 0.5) is 0 Å². The van der Waals surface area contributed by atoms with E-state index in [0.717, 1.165) is 12.5 Å².